The topological polar surface area (TPSA) is 76.7 Å². The van der Waals surface area contributed by atoms with Gasteiger partial charge in [-0.15, -0.1) is 0 Å². The molecule has 1 aromatic rings. The molecule has 0 heterocycles. The van der Waals surface area contributed by atoms with Crippen LogP contribution in [0.1, 0.15) is 50.4 Å². The van der Waals surface area contributed by atoms with Gasteiger partial charge >= 0.3 is 12.1 Å². The molecule has 1 amide bonds. The van der Waals surface area contributed by atoms with E-state index in [1.807, 2.05) is 26.8 Å². The maximum atomic E-state index is 11.6. The largest absolute Gasteiger partial charge is 0.444 e. The average molecular weight is 322 g/mol. The molecule has 1 rings (SSSR count). The van der Waals surface area contributed by atoms with Crippen LogP contribution < -0.4 is 10.8 Å². The number of nitrogens with one attached hydrogen (secondary N) is 2. The molecule has 6 heteroatoms. The number of unbranched alkanes of at least 4 members (excludes halogenated alkanes) is 2. The number of carbonyl (C=O) groups excluding carboxylic acids is 2. The first-order valence-electron chi connectivity index (χ1n) is 7.84. The number of carbonyl (C=O) groups is 2. The van der Waals surface area contributed by atoms with E-state index in [0.717, 1.165) is 19.3 Å². The Balaban J connectivity index is 1.98. The standard InChI is InChI=1S/C17H26N2O4/c1-17(2,3)22-16(21)18-12-8-5-9-13-19-23-15(20)14-10-6-4-7-11-14/h4,6-7,10-11,19H,5,8-9,12-13H2,1-3H3,(H,18,21). The fourth-order valence-corrected chi connectivity index (χ4v) is 1.75. The van der Waals surface area contributed by atoms with E-state index in [9.17, 15) is 9.59 Å². The first-order chi connectivity index (χ1) is 10.9. The second-order valence-electron chi connectivity index (χ2n) is 6.14. The van der Waals surface area contributed by atoms with Crippen molar-refractivity contribution in [3.63, 3.8) is 0 Å². The van der Waals surface area contributed by atoms with Crippen molar-refractivity contribution in [2.75, 3.05) is 13.1 Å². The van der Waals surface area contributed by atoms with Gasteiger partial charge in [-0.05, 0) is 45.7 Å². The van der Waals surface area contributed by atoms with Gasteiger partial charge in [0, 0.05) is 13.1 Å². The smallest absolute Gasteiger partial charge is 0.407 e. The van der Waals surface area contributed by atoms with E-state index >= 15 is 0 Å². The van der Waals surface area contributed by atoms with Crippen LogP contribution >= 0.6 is 0 Å². The number of hydrogen-bond acceptors (Lipinski definition) is 5. The van der Waals surface area contributed by atoms with Crippen LogP contribution in [0.2, 0.25) is 0 Å². The van der Waals surface area contributed by atoms with Gasteiger partial charge in [0.15, 0.2) is 0 Å². The van der Waals surface area contributed by atoms with E-state index in [-0.39, 0.29) is 0 Å². The summed E-state index contributed by atoms with van der Waals surface area (Å²) in [6.07, 6.45) is 2.20. The van der Waals surface area contributed by atoms with Crippen molar-refractivity contribution in [1.29, 1.82) is 0 Å². The average Bonchev–Trinajstić information content (AvgIpc) is 2.48. The highest BCUT2D eigenvalue weighted by molar-refractivity contribution is 5.89. The van der Waals surface area contributed by atoms with Gasteiger partial charge in [0.05, 0.1) is 5.56 Å². The molecule has 0 radical (unpaired) electrons. The third-order valence-corrected chi connectivity index (χ3v) is 2.80. The minimum absolute atomic E-state index is 0.391. The molecule has 0 saturated heterocycles. The zero-order valence-electron chi connectivity index (χ0n) is 14.1. The van der Waals surface area contributed by atoms with E-state index in [2.05, 4.69) is 10.8 Å². The summed E-state index contributed by atoms with van der Waals surface area (Å²) < 4.78 is 5.13. The van der Waals surface area contributed by atoms with Crippen molar-refractivity contribution in [1.82, 2.24) is 10.8 Å². The van der Waals surface area contributed by atoms with Crippen molar-refractivity contribution >= 4 is 12.1 Å². The van der Waals surface area contributed by atoms with Crippen LogP contribution in [0.25, 0.3) is 0 Å². The number of alkyl carbamates (subject to hydrolysis) is 1. The fourth-order valence-electron chi connectivity index (χ4n) is 1.75. The minimum atomic E-state index is -0.476. The molecule has 0 aromatic heterocycles. The molecule has 0 saturated carbocycles. The summed E-state index contributed by atoms with van der Waals surface area (Å²) in [6.45, 7) is 6.63. The third kappa shape index (κ3) is 9.52. The Bertz CT molecular complexity index is 483. The van der Waals surface area contributed by atoms with Crippen LogP contribution in [0.5, 0.6) is 0 Å². The molecule has 0 atom stereocenters. The summed E-state index contributed by atoms with van der Waals surface area (Å²) in [7, 11) is 0. The second kappa shape index (κ2) is 9.84. The lowest BCUT2D eigenvalue weighted by Crippen LogP contribution is -2.33. The lowest BCUT2D eigenvalue weighted by atomic mass is 10.2. The normalized spacial score (nSPS) is 10.9. The predicted octanol–water partition coefficient (Wildman–Crippen LogP) is 3.04. The van der Waals surface area contributed by atoms with Gasteiger partial charge in [0.25, 0.3) is 0 Å². The maximum absolute atomic E-state index is 11.6. The van der Waals surface area contributed by atoms with E-state index in [1.165, 1.54) is 0 Å². The van der Waals surface area contributed by atoms with Gasteiger partial charge in [-0.3, -0.25) is 0 Å². The Morgan fingerprint density at radius 1 is 1.00 bits per heavy atom. The molecule has 6 nitrogen and oxygen atoms in total. The number of hydrogen-bond donors (Lipinski definition) is 2. The molecule has 23 heavy (non-hydrogen) atoms. The summed E-state index contributed by atoms with van der Waals surface area (Å²) >= 11 is 0. The molecule has 0 aliphatic rings. The summed E-state index contributed by atoms with van der Waals surface area (Å²) in [4.78, 5) is 28.0. The number of hydroxylamine groups is 1. The van der Waals surface area contributed by atoms with E-state index in [1.54, 1.807) is 24.3 Å². The number of ether oxygens (including phenoxy) is 1. The minimum Gasteiger partial charge on any atom is -0.444 e. The van der Waals surface area contributed by atoms with Gasteiger partial charge in [-0.2, -0.15) is 5.48 Å². The van der Waals surface area contributed by atoms with Gasteiger partial charge < -0.3 is 14.9 Å². The van der Waals surface area contributed by atoms with Crippen LogP contribution in [-0.2, 0) is 9.57 Å². The van der Waals surface area contributed by atoms with Crippen LogP contribution in [0, 0.1) is 0 Å². The lowest BCUT2D eigenvalue weighted by molar-refractivity contribution is 0.0250. The first kappa shape index (κ1) is 19.0. The van der Waals surface area contributed by atoms with Crippen molar-refractivity contribution < 1.29 is 19.2 Å². The van der Waals surface area contributed by atoms with E-state index < -0.39 is 17.7 Å². The molecular weight excluding hydrogens is 296 g/mol. The lowest BCUT2D eigenvalue weighted by Gasteiger charge is -2.19. The monoisotopic (exact) mass is 322 g/mol. The first-order valence-corrected chi connectivity index (χ1v) is 7.84. The molecule has 2 N–H and O–H groups in total. The summed E-state index contributed by atoms with van der Waals surface area (Å²) in [6, 6.07) is 8.82. The third-order valence-electron chi connectivity index (χ3n) is 2.80. The maximum Gasteiger partial charge on any atom is 0.407 e. The SMILES string of the molecule is CC(C)(C)OC(=O)NCCCCCNOC(=O)c1ccccc1. The van der Waals surface area contributed by atoms with Crippen molar-refractivity contribution in [2.24, 2.45) is 0 Å². The highest BCUT2D eigenvalue weighted by atomic mass is 16.7. The van der Waals surface area contributed by atoms with E-state index in [4.69, 9.17) is 9.57 Å². The van der Waals surface area contributed by atoms with Gasteiger partial charge in [0.2, 0.25) is 0 Å². The fraction of sp³-hybridized carbons (Fsp3) is 0.529. The predicted molar refractivity (Wildman–Crippen MR) is 87.9 cm³/mol. The molecule has 0 aliphatic carbocycles. The number of amides is 1. The Morgan fingerprint density at radius 3 is 2.30 bits per heavy atom. The van der Waals surface area contributed by atoms with Crippen LogP contribution in [0.3, 0.4) is 0 Å². The molecule has 0 unspecified atom stereocenters. The van der Waals surface area contributed by atoms with Gasteiger partial charge in [-0.25, -0.2) is 9.59 Å². The zero-order valence-corrected chi connectivity index (χ0v) is 14.1. The molecule has 0 bridgehead atoms. The summed E-state index contributed by atoms with van der Waals surface area (Å²) in [5, 5.41) is 2.70. The Hall–Kier alpha value is -2.08. The van der Waals surface area contributed by atoms with Gasteiger partial charge in [-0.1, -0.05) is 24.6 Å². The Kier molecular flexibility index (Phi) is 8.11. The number of benzene rings is 1. The van der Waals surface area contributed by atoms with Crippen molar-refractivity contribution in [3.05, 3.63) is 35.9 Å². The number of rotatable bonds is 8. The van der Waals surface area contributed by atoms with Crippen LogP contribution in [0.15, 0.2) is 30.3 Å². The highest BCUT2D eigenvalue weighted by Gasteiger charge is 2.15. The highest BCUT2D eigenvalue weighted by Crippen LogP contribution is 2.06. The molecule has 128 valence electrons. The van der Waals surface area contributed by atoms with Crippen molar-refractivity contribution in [3.8, 4) is 0 Å². The van der Waals surface area contributed by atoms with E-state index in [0.29, 0.717) is 18.7 Å². The Morgan fingerprint density at radius 2 is 1.65 bits per heavy atom. The zero-order chi connectivity index (χ0) is 17.1. The quantitative estimate of drug-likeness (QED) is 0.568. The van der Waals surface area contributed by atoms with Crippen LogP contribution in [-0.4, -0.2) is 30.8 Å². The molecule has 0 aliphatic heterocycles. The second-order valence-corrected chi connectivity index (χ2v) is 6.14. The molecule has 1 aromatic carbocycles. The van der Waals surface area contributed by atoms with Crippen LogP contribution in [0.4, 0.5) is 4.79 Å². The molecular formula is C17H26N2O4. The molecule has 0 spiro atoms. The molecule has 0 fully saturated rings. The van der Waals surface area contributed by atoms with Crippen molar-refractivity contribution in [2.45, 2.75) is 45.6 Å². The summed E-state index contributed by atoms with van der Waals surface area (Å²) in [5.74, 6) is -0.391. The Labute approximate surface area is 137 Å². The van der Waals surface area contributed by atoms with Gasteiger partial charge in [0.1, 0.15) is 5.60 Å². The summed E-state index contributed by atoms with van der Waals surface area (Å²) in [5.41, 5.74) is 2.69.